The monoisotopic (exact) mass is 473 g/mol. The average Bonchev–Trinajstić information content (AvgIpc) is 3.13. The van der Waals surface area contributed by atoms with E-state index in [-0.39, 0.29) is 11.9 Å². The number of fused-ring (bicyclic) bond motifs is 1. The van der Waals surface area contributed by atoms with E-state index in [0.717, 1.165) is 33.6 Å². The van der Waals surface area contributed by atoms with E-state index in [1.54, 1.807) is 0 Å². The second-order valence-electron chi connectivity index (χ2n) is 9.31. The van der Waals surface area contributed by atoms with E-state index in [1.165, 1.54) is 19.3 Å². The third-order valence-corrected chi connectivity index (χ3v) is 7.09. The minimum absolute atomic E-state index is 0.138. The van der Waals surface area contributed by atoms with Crippen molar-refractivity contribution in [2.75, 3.05) is 5.32 Å². The van der Waals surface area contributed by atoms with Gasteiger partial charge in [-0.25, -0.2) is 15.0 Å². The van der Waals surface area contributed by atoms with Gasteiger partial charge in [0.1, 0.15) is 11.3 Å². The molecule has 34 heavy (non-hydrogen) atoms. The number of aromatic nitrogens is 4. The number of carbonyl (C=O) groups excluding carboxylic acids is 1. The van der Waals surface area contributed by atoms with Gasteiger partial charge >= 0.3 is 0 Å². The van der Waals surface area contributed by atoms with Crippen LogP contribution in [0.15, 0.2) is 42.5 Å². The van der Waals surface area contributed by atoms with Crippen LogP contribution in [0, 0.1) is 19.8 Å². The van der Waals surface area contributed by atoms with Crippen molar-refractivity contribution in [3.05, 3.63) is 70.0 Å². The number of nitrogens with zero attached hydrogens (tertiary/aromatic N) is 4. The molecule has 2 heterocycles. The van der Waals surface area contributed by atoms with Crippen LogP contribution >= 0.6 is 11.6 Å². The van der Waals surface area contributed by atoms with E-state index in [2.05, 4.69) is 58.8 Å². The van der Waals surface area contributed by atoms with Crippen molar-refractivity contribution in [3.8, 4) is 11.4 Å². The van der Waals surface area contributed by atoms with Gasteiger partial charge in [0.15, 0.2) is 23.6 Å². The zero-order chi connectivity index (χ0) is 23.8. The maximum atomic E-state index is 11.7. The number of carbonyl (C=O) groups is 1. The number of aldehydes is 1. The molecule has 1 N–H and O–H groups in total. The van der Waals surface area contributed by atoms with Gasteiger partial charge in [-0.1, -0.05) is 47.9 Å². The summed E-state index contributed by atoms with van der Waals surface area (Å²) in [5, 5.41) is 4.29. The van der Waals surface area contributed by atoms with E-state index in [0.29, 0.717) is 35.2 Å². The summed E-state index contributed by atoms with van der Waals surface area (Å²) in [5.74, 6) is 2.21. The summed E-state index contributed by atoms with van der Waals surface area (Å²) in [5.41, 5.74) is 5.74. The molecule has 5 rings (SSSR count). The first-order valence-corrected chi connectivity index (χ1v) is 12.1. The molecule has 0 amide bonds. The number of hydrogen-bond donors (Lipinski definition) is 1. The second kappa shape index (κ2) is 9.18. The molecular weight excluding hydrogens is 446 g/mol. The molecule has 2 aromatic carbocycles. The van der Waals surface area contributed by atoms with E-state index in [1.807, 2.05) is 24.3 Å². The summed E-state index contributed by atoms with van der Waals surface area (Å²) in [7, 11) is 0. The lowest BCUT2D eigenvalue weighted by Gasteiger charge is -2.32. The summed E-state index contributed by atoms with van der Waals surface area (Å²) >= 11 is 6.14. The first-order valence-electron chi connectivity index (χ1n) is 11.7. The smallest absolute Gasteiger partial charge is 0.196 e. The van der Waals surface area contributed by atoms with Crippen molar-refractivity contribution in [2.45, 2.75) is 52.6 Å². The summed E-state index contributed by atoms with van der Waals surface area (Å²) < 4.78 is 2.16. The van der Waals surface area contributed by atoms with Gasteiger partial charge < -0.3 is 9.88 Å². The maximum absolute atomic E-state index is 11.7. The average molecular weight is 474 g/mol. The van der Waals surface area contributed by atoms with Crippen LogP contribution < -0.4 is 5.32 Å². The highest BCUT2D eigenvalue weighted by atomic mass is 35.5. The van der Waals surface area contributed by atoms with Gasteiger partial charge in [0.2, 0.25) is 0 Å². The highest BCUT2D eigenvalue weighted by molar-refractivity contribution is 6.30. The first-order chi connectivity index (χ1) is 16.4. The largest absolute Gasteiger partial charge is 0.365 e. The fraction of sp³-hybridized carbons (Fsp3) is 0.333. The van der Waals surface area contributed by atoms with Crippen molar-refractivity contribution in [1.82, 2.24) is 19.5 Å². The molecule has 1 saturated carbocycles. The molecule has 0 aliphatic heterocycles. The number of halogens is 1. The van der Waals surface area contributed by atoms with E-state index < -0.39 is 0 Å². The number of anilines is 1. The van der Waals surface area contributed by atoms with Crippen LogP contribution in [0.1, 0.15) is 53.5 Å². The SMILES string of the molecule is Cc1ccc(C)c(-c2nc3nc(C=O)nc(NC(C)C4CCC4)c3n2Cc2ccc(Cl)cc2)c1. The second-order valence-corrected chi connectivity index (χ2v) is 9.75. The Hall–Kier alpha value is -3.25. The Morgan fingerprint density at radius 2 is 1.88 bits per heavy atom. The maximum Gasteiger partial charge on any atom is 0.196 e. The Balaban J connectivity index is 1.72. The van der Waals surface area contributed by atoms with Gasteiger partial charge in [-0.3, -0.25) is 4.79 Å². The van der Waals surface area contributed by atoms with Crippen LogP contribution in [0.4, 0.5) is 5.82 Å². The van der Waals surface area contributed by atoms with E-state index >= 15 is 0 Å². The Labute approximate surface area is 204 Å². The van der Waals surface area contributed by atoms with Crippen molar-refractivity contribution >= 4 is 34.9 Å². The third kappa shape index (κ3) is 4.30. The molecule has 1 atom stereocenters. The minimum Gasteiger partial charge on any atom is -0.365 e. The Kier molecular flexibility index (Phi) is 6.09. The lowest BCUT2D eigenvalue weighted by molar-refractivity contribution is 0.111. The zero-order valence-corrected chi connectivity index (χ0v) is 20.4. The highest BCUT2D eigenvalue weighted by Gasteiger charge is 2.27. The van der Waals surface area contributed by atoms with Gasteiger partial charge in [0.25, 0.3) is 0 Å². The fourth-order valence-electron chi connectivity index (χ4n) is 4.59. The molecule has 0 saturated heterocycles. The minimum atomic E-state index is 0.138. The summed E-state index contributed by atoms with van der Waals surface area (Å²) in [4.78, 5) is 25.7. The molecule has 1 aliphatic carbocycles. The molecule has 6 nitrogen and oxygen atoms in total. The molecule has 2 aromatic heterocycles. The number of nitrogens with one attached hydrogen (secondary N) is 1. The van der Waals surface area contributed by atoms with Gasteiger partial charge in [0, 0.05) is 23.2 Å². The molecule has 0 bridgehead atoms. The van der Waals surface area contributed by atoms with Crippen LogP contribution in [0.3, 0.4) is 0 Å². The number of rotatable bonds is 7. The molecule has 1 aliphatic rings. The lowest BCUT2D eigenvalue weighted by Crippen LogP contribution is -2.31. The van der Waals surface area contributed by atoms with Crippen molar-refractivity contribution in [2.24, 2.45) is 5.92 Å². The number of hydrogen-bond acceptors (Lipinski definition) is 5. The summed E-state index contributed by atoms with van der Waals surface area (Å²) in [6.07, 6.45) is 4.37. The molecule has 174 valence electrons. The topological polar surface area (TPSA) is 72.7 Å². The predicted molar refractivity (Wildman–Crippen MR) is 137 cm³/mol. The molecule has 7 heteroatoms. The third-order valence-electron chi connectivity index (χ3n) is 6.83. The Bertz CT molecular complexity index is 1360. The lowest BCUT2D eigenvalue weighted by atomic mass is 9.80. The van der Waals surface area contributed by atoms with E-state index in [9.17, 15) is 4.79 Å². The van der Waals surface area contributed by atoms with Gasteiger partial charge in [0.05, 0.1) is 0 Å². The number of benzene rings is 2. The van der Waals surface area contributed by atoms with E-state index in [4.69, 9.17) is 16.6 Å². The molecular formula is C27H28ClN5O. The quantitative estimate of drug-likeness (QED) is 0.322. The normalized spacial score (nSPS) is 14.7. The van der Waals surface area contributed by atoms with Crippen LogP contribution in [0.5, 0.6) is 0 Å². The van der Waals surface area contributed by atoms with Crippen LogP contribution in [0.25, 0.3) is 22.6 Å². The number of imidazole rings is 1. The molecule has 1 unspecified atom stereocenters. The summed E-state index contributed by atoms with van der Waals surface area (Å²) in [6, 6.07) is 14.4. The predicted octanol–water partition coefficient (Wildman–Crippen LogP) is 6.22. The van der Waals surface area contributed by atoms with Crippen LogP contribution in [0.2, 0.25) is 5.02 Å². The first kappa shape index (κ1) is 22.5. The van der Waals surface area contributed by atoms with Crippen LogP contribution in [-0.2, 0) is 6.54 Å². The highest BCUT2D eigenvalue weighted by Crippen LogP contribution is 2.34. The molecule has 0 spiro atoms. The molecule has 1 fully saturated rings. The van der Waals surface area contributed by atoms with Crippen molar-refractivity contribution in [1.29, 1.82) is 0 Å². The summed E-state index contributed by atoms with van der Waals surface area (Å²) in [6.45, 7) is 6.92. The van der Waals surface area contributed by atoms with Gasteiger partial charge in [-0.15, -0.1) is 0 Å². The van der Waals surface area contributed by atoms with Crippen molar-refractivity contribution in [3.63, 3.8) is 0 Å². The number of aryl methyl sites for hydroxylation is 2. The molecule has 0 radical (unpaired) electrons. The van der Waals surface area contributed by atoms with Gasteiger partial charge in [-0.05, 0) is 68.9 Å². The molecule has 4 aromatic rings. The zero-order valence-electron chi connectivity index (χ0n) is 19.7. The van der Waals surface area contributed by atoms with Gasteiger partial charge in [-0.2, -0.15) is 0 Å². The standard InChI is InChI=1S/C27H28ClN5O/c1-16-7-8-17(2)22(13-16)27-32-26-24(33(27)14-19-9-11-21(28)12-10-19)25(30-23(15-34)31-26)29-18(3)20-5-4-6-20/h7-13,15,18,20H,4-6,14H2,1-3H3,(H,29,30,31). The fourth-order valence-corrected chi connectivity index (χ4v) is 4.71. The Morgan fingerprint density at radius 3 is 2.56 bits per heavy atom. The van der Waals surface area contributed by atoms with Crippen LogP contribution in [-0.4, -0.2) is 31.8 Å². The Morgan fingerprint density at radius 1 is 1.12 bits per heavy atom. The van der Waals surface area contributed by atoms with Crippen molar-refractivity contribution < 1.29 is 4.79 Å².